The Morgan fingerprint density at radius 1 is 0.566 bits per heavy atom. The van der Waals surface area contributed by atoms with Crippen molar-refractivity contribution in [3.63, 3.8) is 0 Å². The number of benzene rings is 2. The van der Waals surface area contributed by atoms with Crippen LogP contribution in [0.3, 0.4) is 0 Å². The summed E-state index contributed by atoms with van der Waals surface area (Å²) in [6.45, 7) is 19.0. The zero-order valence-electron chi connectivity index (χ0n) is 60.8. The molecule has 6 N–H and O–H groups in total. The van der Waals surface area contributed by atoms with E-state index in [-0.39, 0.29) is 36.7 Å². The molecule has 0 unspecified atom stereocenters. The Balaban J connectivity index is 1.94. The quantitative estimate of drug-likeness (QED) is 0.168. The van der Waals surface area contributed by atoms with Crippen LogP contribution in [-0.4, -0.2) is 251 Å². The van der Waals surface area contributed by atoms with E-state index in [2.05, 4.69) is 26.6 Å². The van der Waals surface area contributed by atoms with Crippen LogP contribution >= 0.6 is 0 Å². The minimum Gasteiger partial charge on any atom is -0.391 e. The van der Waals surface area contributed by atoms with E-state index in [1.807, 2.05) is 0 Å². The summed E-state index contributed by atoms with van der Waals surface area (Å²) in [5.41, 5.74) is -1.21. The first-order valence-corrected chi connectivity index (χ1v) is 33.9. The van der Waals surface area contributed by atoms with Crippen LogP contribution in [0.5, 0.6) is 0 Å². The Kier molecular flexibility index (Phi) is 30.9. The Morgan fingerprint density at radius 3 is 1.60 bits per heavy atom. The average Bonchev–Trinajstić information content (AvgIpc) is 0.826. The summed E-state index contributed by atoms with van der Waals surface area (Å²) < 4.78 is 47.7. The van der Waals surface area contributed by atoms with Gasteiger partial charge in [-0.25, -0.2) is 0 Å². The van der Waals surface area contributed by atoms with Crippen LogP contribution in [0.1, 0.15) is 138 Å². The number of hydrogen-bond acceptors (Lipinski definition) is 14. The lowest BCUT2D eigenvalue weighted by atomic mass is 9.97. The molecule has 552 valence electrons. The van der Waals surface area contributed by atoms with Gasteiger partial charge >= 0.3 is 6.18 Å². The van der Waals surface area contributed by atoms with Gasteiger partial charge in [-0.1, -0.05) is 84.0 Å². The van der Waals surface area contributed by atoms with Gasteiger partial charge in [0.1, 0.15) is 60.4 Å². The van der Waals surface area contributed by atoms with Crippen molar-refractivity contribution in [2.75, 3.05) is 68.5 Å². The number of hydrogen-bond donors (Lipinski definition) is 6. The van der Waals surface area contributed by atoms with Gasteiger partial charge < -0.3 is 70.7 Å². The van der Waals surface area contributed by atoms with Gasteiger partial charge in [0.15, 0.2) is 0 Å². The molecule has 11 atom stereocenters. The number of alkyl halides is 3. The van der Waals surface area contributed by atoms with Crippen molar-refractivity contribution in [1.82, 2.24) is 60.9 Å². The Hall–Kier alpha value is -8.21. The van der Waals surface area contributed by atoms with E-state index in [4.69, 9.17) is 4.74 Å². The van der Waals surface area contributed by atoms with Crippen molar-refractivity contribution >= 4 is 70.9 Å². The SMILES string of the molecule is CC(C)C[C@H]1C(=O)N[C@@H](COC(C)(C)C)C(=O)N(C)[C@@H](C(C)C)C(=O)N(C)[C@@H](C)C(=O)N[C@H](C(=O)N2CCCCC2)CC(=O)N[C@H](C)C(=O)N(C)[C@@H](Cc2ccccc2)C(=O)N[C@@H](Cc2ccc(C(F)(F)F)cc2)C(=O)N(C)[C@@H](CC(C)C)C(=O)N[C@@H]([C@@H](C)O)C(=O)N(C)CC(=O)N1C. The molecule has 2 aromatic carbocycles. The second kappa shape index (κ2) is 36.7. The first-order valence-electron chi connectivity index (χ1n) is 33.9. The van der Waals surface area contributed by atoms with Crippen LogP contribution in [0.15, 0.2) is 54.6 Å². The van der Waals surface area contributed by atoms with Crippen LogP contribution in [-0.2, 0) is 81.3 Å². The van der Waals surface area contributed by atoms with Crippen molar-refractivity contribution in [3.8, 4) is 0 Å². The van der Waals surface area contributed by atoms with Gasteiger partial charge in [0, 0.05) is 68.2 Å². The smallest absolute Gasteiger partial charge is 0.391 e. The molecule has 2 aliphatic heterocycles. The Morgan fingerprint density at radius 2 is 1.07 bits per heavy atom. The fourth-order valence-electron chi connectivity index (χ4n) is 11.9. The minimum atomic E-state index is -4.74. The van der Waals surface area contributed by atoms with Gasteiger partial charge in [-0.3, -0.25) is 57.5 Å². The molecule has 2 saturated heterocycles. The van der Waals surface area contributed by atoms with E-state index >= 15 is 9.59 Å². The first-order chi connectivity index (χ1) is 46.0. The molecule has 0 aliphatic carbocycles. The highest BCUT2D eigenvalue weighted by molar-refractivity contribution is 6.00. The third-order valence-electron chi connectivity index (χ3n) is 17.9. The van der Waals surface area contributed by atoms with E-state index in [0.717, 1.165) is 60.1 Å². The van der Waals surface area contributed by atoms with E-state index in [1.54, 1.807) is 92.6 Å². The number of nitrogens with one attached hydrogen (secondary N) is 5. The molecule has 2 heterocycles. The fraction of sp³-hybridized carbons (Fsp3) is 0.657. The van der Waals surface area contributed by atoms with Crippen LogP contribution in [0.4, 0.5) is 13.2 Å². The molecule has 0 radical (unpaired) electrons. The maximum absolute atomic E-state index is 15.2. The van der Waals surface area contributed by atoms with Gasteiger partial charge in [0.2, 0.25) is 70.9 Å². The van der Waals surface area contributed by atoms with Crippen LogP contribution < -0.4 is 26.6 Å². The second-order valence-corrected chi connectivity index (χ2v) is 28.5. The van der Waals surface area contributed by atoms with Crippen molar-refractivity contribution in [2.45, 2.75) is 213 Å². The molecule has 4 rings (SSSR count). The molecule has 0 saturated carbocycles. The predicted molar refractivity (Wildman–Crippen MR) is 363 cm³/mol. The largest absolute Gasteiger partial charge is 0.416 e. The number of halogens is 3. The molecule has 2 aromatic rings. The average molecular weight is 1400 g/mol. The number of rotatable bonds is 13. The Bertz CT molecular complexity index is 3140. The lowest BCUT2D eigenvalue weighted by Gasteiger charge is -2.38. The maximum Gasteiger partial charge on any atom is 0.416 e. The number of likely N-dealkylation sites (tertiary alicyclic amines) is 1. The normalized spacial score (nSPS) is 25.4. The summed E-state index contributed by atoms with van der Waals surface area (Å²) in [6.07, 6.45) is -5.72. The molecule has 0 spiro atoms. The molecule has 2 aliphatic rings. The van der Waals surface area contributed by atoms with Gasteiger partial charge in [-0.2, -0.15) is 13.2 Å². The highest BCUT2D eigenvalue weighted by Gasteiger charge is 2.43. The molecule has 0 aromatic heterocycles. The molecule has 0 bridgehead atoms. The highest BCUT2D eigenvalue weighted by Crippen LogP contribution is 2.30. The molecule has 26 nitrogen and oxygen atoms in total. The standard InChI is InChI=1S/C70H107F3N12O14/c1-40(2)33-52-60(90)77-51(39-99-69(10,11)12)65(95)84(18)58(42(5)6)68(98)80(14)44(8)59(89)75-50(66(96)85-31-23-20-24-32-85)37-55(87)74-43(7)63(93)82(16)54(36-46-25-21-19-22-26-46)61(91)76-49(35-47-27-29-48(30-28-47)70(71,72)73)64(94)83(17)53(34-41(3)4)62(92)78-57(45(9)86)67(97)79(13)38-56(88)81(52)15/h19,21-22,25-30,40-45,49-54,57-58,86H,20,23-24,31-39H2,1-18H3,(H,74,87)(H,75,89)(H,76,91)(H,77,90)(H,78,92)/t43-,44+,45-,49+,50+,51+,52+,53+,54+,57+,58+/m1/s1. The zero-order valence-corrected chi connectivity index (χ0v) is 60.8. The molecule has 99 heavy (non-hydrogen) atoms. The minimum absolute atomic E-state index is 0.0322. The van der Waals surface area contributed by atoms with Gasteiger partial charge in [-0.05, 0) is 115 Å². The van der Waals surface area contributed by atoms with Crippen molar-refractivity contribution < 1.29 is 80.5 Å². The number of piperidine rings is 1. The third-order valence-corrected chi connectivity index (χ3v) is 17.9. The maximum atomic E-state index is 15.2. The predicted octanol–water partition coefficient (Wildman–Crippen LogP) is 2.91. The lowest BCUT2D eigenvalue weighted by molar-refractivity contribution is -0.152. The summed E-state index contributed by atoms with van der Waals surface area (Å²) >= 11 is 0. The van der Waals surface area contributed by atoms with Crippen LogP contribution in [0, 0.1) is 17.8 Å². The molecular weight excluding hydrogens is 1290 g/mol. The fourth-order valence-corrected chi connectivity index (χ4v) is 11.9. The molecular formula is C70H107F3N12O14. The van der Waals surface area contributed by atoms with Crippen LogP contribution in [0.2, 0.25) is 0 Å². The number of aliphatic hydroxyl groups is 1. The van der Waals surface area contributed by atoms with Crippen molar-refractivity contribution in [3.05, 3.63) is 71.3 Å². The summed E-state index contributed by atoms with van der Waals surface area (Å²) in [5, 5.41) is 24.5. The summed E-state index contributed by atoms with van der Waals surface area (Å²) in [5.74, 6) is -11.4. The number of aliphatic hydroxyl groups excluding tert-OH is 1. The highest BCUT2D eigenvalue weighted by atomic mass is 19.4. The first kappa shape index (κ1) is 83.2. The van der Waals surface area contributed by atoms with E-state index in [9.17, 15) is 66.2 Å². The number of likely N-dealkylation sites (N-methyl/N-ethyl adjacent to an activating group) is 6. The van der Waals surface area contributed by atoms with Crippen molar-refractivity contribution in [1.29, 1.82) is 0 Å². The molecule has 12 amide bonds. The van der Waals surface area contributed by atoms with Crippen LogP contribution in [0.25, 0.3) is 0 Å². The number of ether oxygens (including phenoxy) is 1. The number of carbonyl (C=O) groups excluding carboxylic acids is 12. The topological polar surface area (TPSA) is 317 Å². The van der Waals surface area contributed by atoms with Gasteiger partial charge in [0.25, 0.3) is 0 Å². The number of carbonyl (C=O) groups is 12. The zero-order chi connectivity index (χ0) is 74.9. The molecule has 29 heteroatoms. The second-order valence-electron chi connectivity index (χ2n) is 28.5. The van der Waals surface area contributed by atoms with Gasteiger partial charge in [0.05, 0.1) is 36.8 Å². The monoisotopic (exact) mass is 1400 g/mol. The molecule has 2 fully saturated rings. The van der Waals surface area contributed by atoms with E-state index in [1.165, 1.54) is 68.0 Å². The summed E-state index contributed by atoms with van der Waals surface area (Å²) in [4.78, 5) is 184. The van der Waals surface area contributed by atoms with E-state index in [0.29, 0.717) is 31.5 Å². The number of nitrogens with zero attached hydrogens (tertiary/aromatic N) is 7. The summed E-state index contributed by atoms with van der Waals surface area (Å²) in [6, 6.07) is -2.59. The van der Waals surface area contributed by atoms with Gasteiger partial charge in [-0.15, -0.1) is 0 Å². The van der Waals surface area contributed by atoms with E-state index < -0.39 is 187 Å². The van der Waals surface area contributed by atoms with Crippen molar-refractivity contribution in [2.24, 2.45) is 17.8 Å². The lowest BCUT2D eigenvalue weighted by Crippen LogP contribution is -2.62. The Labute approximate surface area is 580 Å². The number of amides is 12. The third kappa shape index (κ3) is 24.0. The summed E-state index contributed by atoms with van der Waals surface area (Å²) in [7, 11) is 7.75.